The van der Waals surface area contributed by atoms with E-state index in [-0.39, 0.29) is 6.04 Å². The van der Waals surface area contributed by atoms with E-state index in [0.717, 1.165) is 23.7 Å². The minimum atomic E-state index is 0.0576. The molecule has 1 aromatic heterocycles. The average molecular weight is 286 g/mol. The number of benzene rings is 1. The largest absolute Gasteiger partial charge is 0.495 e. The van der Waals surface area contributed by atoms with Crippen molar-refractivity contribution in [3.8, 4) is 5.75 Å². The molecule has 0 saturated heterocycles. The van der Waals surface area contributed by atoms with Crippen molar-refractivity contribution >= 4 is 5.69 Å². The smallest absolute Gasteiger partial charge is 0.141 e. The van der Waals surface area contributed by atoms with Crippen molar-refractivity contribution < 1.29 is 4.74 Å². The third-order valence-corrected chi connectivity index (χ3v) is 3.16. The molecule has 0 aliphatic heterocycles. The first kappa shape index (κ1) is 15.3. The van der Waals surface area contributed by atoms with Gasteiger partial charge >= 0.3 is 0 Å². The van der Waals surface area contributed by atoms with Crippen molar-refractivity contribution in [1.29, 1.82) is 0 Å². The molecule has 0 aliphatic rings. The standard InChI is InChI=1S/C16H22N4O/c1-12(15-10-17-7-8-18-15)19-14-9-13(11-20(2)3)5-6-16(14)21-4/h5-10,12,19H,11H2,1-4H3. The third kappa shape index (κ3) is 4.16. The summed E-state index contributed by atoms with van der Waals surface area (Å²) >= 11 is 0. The van der Waals surface area contributed by atoms with E-state index in [1.54, 1.807) is 25.7 Å². The highest BCUT2D eigenvalue weighted by atomic mass is 16.5. The van der Waals surface area contributed by atoms with Gasteiger partial charge in [0.1, 0.15) is 5.75 Å². The van der Waals surface area contributed by atoms with Crippen LogP contribution in [-0.2, 0) is 6.54 Å². The maximum Gasteiger partial charge on any atom is 0.141 e. The van der Waals surface area contributed by atoms with E-state index in [1.807, 2.05) is 6.07 Å². The highest BCUT2D eigenvalue weighted by molar-refractivity contribution is 5.59. The molecule has 0 aliphatic carbocycles. The van der Waals surface area contributed by atoms with Crippen molar-refractivity contribution in [2.75, 3.05) is 26.5 Å². The minimum Gasteiger partial charge on any atom is -0.495 e. The molecule has 2 aromatic rings. The van der Waals surface area contributed by atoms with Gasteiger partial charge in [-0.15, -0.1) is 0 Å². The fourth-order valence-electron chi connectivity index (χ4n) is 2.17. The zero-order valence-electron chi connectivity index (χ0n) is 13.0. The molecule has 1 unspecified atom stereocenters. The monoisotopic (exact) mass is 286 g/mol. The van der Waals surface area contributed by atoms with Crippen LogP contribution in [0.2, 0.25) is 0 Å². The van der Waals surface area contributed by atoms with Crippen LogP contribution in [0.15, 0.2) is 36.8 Å². The lowest BCUT2D eigenvalue weighted by Crippen LogP contribution is -2.12. The summed E-state index contributed by atoms with van der Waals surface area (Å²) in [6.07, 6.45) is 5.15. The zero-order chi connectivity index (χ0) is 15.2. The molecule has 0 saturated carbocycles. The molecular formula is C16H22N4O. The summed E-state index contributed by atoms with van der Waals surface area (Å²) in [5.74, 6) is 0.827. The Morgan fingerprint density at radius 3 is 2.71 bits per heavy atom. The molecule has 1 N–H and O–H groups in total. The van der Waals surface area contributed by atoms with Gasteiger partial charge in [-0.05, 0) is 38.7 Å². The van der Waals surface area contributed by atoms with Gasteiger partial charge in [-0.25, -0.2) is 0 Å². The number of methoxy groups -OCH3 is 1. The van der Waals surface area contributed by atoms with Crippen LogP contribution in [0, 0.1) is 0 Å². The molecule has 0 amide bonds. The second-order valence-corrected chi connectivity index (χ2v) is 5.27. The normalized spacial score (nSPS) is 12.2. The van der Waals surface area contributed by atoms with Gasteiger partial charge in [0.15, 0.2) is 0 Å². The topological polar surface area (TPSA) is 50.3 Å². The van der Waals surface area contributed by atoms with Gasteiger partial charge in [0.25, 0.3) is 0 Å². The van der Waals surface area contributed by atoms with Crippen molar-refractivity contribution in [3.63, 3.8) is 0 Å². The van der Waals surface area contributed by atoms with Crippen LogP contribution >= 0.6 is 0 Å². The van der Waals surface area contributed by atoms with Crippen LogP contribution in [0.3, 0.4) is 0 Å². The third-order valence-electron chi connectivity index (χ3n) is 3.16. The van der Waals surface area contributed by atoms with Gasteiger partial charge in [0, 0.05) is 18.9 Å². The van der Waals surface area contributed by atoms with E-state index in [9.17, 15) is 0 Å². The number of nitrogens with zero attached hydrogens (tertiary/aromatic N) is 3. The summed E-state index contributed by atoms with van der Waals surface area (Å²) in [6, 6.07) is 6.25. The van der Waals surface area contributed by atoms with Crippen LogP contribution in [0.5, 0.6) is 5.75 Å². The number of anilines is 1. The quantitative estimate of drug-likeness (QED) is 0.885. The Bertz CT molecular complexity index is 572. The summed E-state index contributed by atoms with van der Waals surface area (Å²) in [4.78, 5) is 10.6. The van der Waals surface area contributed by atoms with Crippen LogP contribution in [0.1, 0.15) is 24.2 Å². The first-order valence-electron chi connectivity index (χ1n) is 6.94. The summed E-state index contributed by atoms with van der Waals surface area (Å²) in [5.41, 5.74) is 3.10. The molecule has 2 rings (SSSR count). The van der Waals surface area contributed by atoms with Crippen molar-refractivity contribution in [3.05, 3.63) is 48.0 Å². The maximum absolute atomic E-state index is 5.43. The van der Waals surface area contributed by atoms with Crippen molar-refractivity contribution in [2.45, 2.75) is 19.5 Å². The molecular weight excluding hydrogens is 264 g/mol. The lowest BCUT2D eigenvalue weighted by atomic mass is 10.1. The Morgan fingerprint density at radius 2 is 2.10 bits per heavy atom. The molecule has 1 heterocycles. The van der Waals surface area contributed by atoms with Gasteiger partial charge in [0.2, 0.25) is 0 Å². The first-order chi connectivity index (χ1) is 10.1. The maximum atomic E-state index is 5.43. The van der Waals surface area contributed by atoms with Gasteiger partial charge in [-0.1, -0.05) is 6.07 Å². The molecule has 0 radical (unpaired) electrons. The zero-order valence-corrected chi connectivity index (χ0v) is 13.0. The summed E-state index contributed by atoms with van der Waals surface area (Å²) in [7, 11) is 5.79. The second kappa shape index (κ2) is 7.04. The SMILES string of the molecule is COc1ccc(CN(C)C)cc1NC(C)c1cnccn1. The van der Waals surface area contributed by atoms with Crippen LogP contribution in [0.4, 0.5) is 5.69 Å². The Balaban J connectivity index is 2.21. The summed E-state index contributed by atoms with van der Waals surface area (Å²) < 4.78 is 5.43. The molecule has 1 aromatic carbocycles. The van der Waals surface area contributed by atoms with Gasteiger partial charge < -0.3 is 15.0 Å². The second-order valence-electron chi connectivity index (χ2n) is 5.27. The number of ether oxygens (including phenoxy) is 1. The minimum absolute atomic E-state index is 0.0576. The summed E-state index contributed by atoms with van der Waals surface area (Å²) in [6.45, 7) is 2.94. The van der Waals surface area contributed by atoms with E-state index in [0.29, 0.717) is 0 Å². The lowest BCUT2D eigenvalue weighted by molar-refractivity contribution is 0.400. The summed E-state index contributed by atoms with van der Waals surface area (Å²) in [5, 5.41) is 3.45. The van der Waals surface area contributed by atoms with E-state index in [2.05, 4.69) is 53.3 Å². The van der Waals surface area contributed by atoms with E-state index >= 15 is 0 Å². The van der Waals surface area contributed by atoms with Gasteiger partial charge in [0.05, 0.1) is 30.7 Å². The Labute approximate surface area is 126 Å². The highest BCUT2D eigenvalue weighted by Crippen LogP contribution is 2.29. The van der Waals surface area contributed by atoms with Gasteiger partial charge in [-0.2, -0.15) is 0 Å². The molecule has 21 heavy (non-hydrogen) atoms. The Morgan fingerprint density at radius 1 is 1.29 bits per heavy atom. The predicted molar refractivity (Wildman–Crippen MR) is 84.5 cm³/mol. The molecule has 0 bridgehead atoms. The first-order valence-corrected chi connectivity index (χ1v) is 6.94. The predicted octanol–water partition coefficient (Wildman–Crippen LogP) is 2.72. The molecule has 0 spiro atoms. The van der Waals surface area contributed by atoms with Gasteiger partial charge in [-0.3, -0.25) is 9.97 Å². The van der Waals surface area contributed by atoms with E-state index in [4.69, 9.17) is 4.74 Å². The fourth-order valence-corrected chi connectivity index (χ4v) is 2.17. The number of hydrogen-bond donors (Lipinski definition) is 1. The van der Waals surface area contributed by atoms with Crippen LogP contribution in [-0.4, -0.2) is 36.1 Å². The number of hydrogen-bond acceptors (Lipinski definition) is 5. The highest BCUT2D eigenvalue weighted by Gasteiger charge is 2.11. The number of rotatable bonds is 6. The molecule has 1 atom stereocenters. The molecule has 5 heteroatoms. The van der Waals surface area contributed by atoms with E-state index in [1.165, 1.54) is 5.56 Å². The number of nitrogens with one attached hydrogen (secondary N) is 1. The van der Waals surface area contributed by atoms with Crippen LogP contribution < -0.4 is 10.1 Å². The average Bonchev–Trinajstić information content (AvgIpc) is 2.48. The molecule has 5 nitrogen and oxygen atoms in total. The van der Waals surface area contributed by atoms with E-state index < -0.39 is 0 Å². The number of aromatic nitrogens is 2. The molecule has 0 fully saturated rings. The molecule has 112 valence electrons. The Kier molecular flexibility index (Phi) is 5.11. The van der Waals surface area contributed by atoms with Crippen molar-refractivity contribution in [2.24, 2.45) is 0 Å². The fraction of sp³-hybridized carbons (Fsp3) is 0.375. The van der Waals surface area contributed by atoms with Crippen molar-refractivity contribution in [1.82, 2.24) is 14.9 Å². The Hall–Kier alpha value is -2.14. The van der Waals surface area contributed by atoms with Crippen LogP contribution in [0.25, 0.3) is 0 Å². The lowest BCUT2D eigenvalue weighted by Gasteiger charge is -2.18.